The van der Waals surface area contributed by atoms with Crippen molar-refractivity contribution in [3.05, 3.63) is 40.9 Å². The van der Waals surface area contributed by atoms with Crippen molar-refractivity contribution in [1.29, 1.82) is 0 Å². The van der Waals surface area contributed by atoms with Gasteiger partial charge in [-0.15, -0.1) is 0 Å². The molecule has 2 nitrogen and oxygen atoms in total. The van der Waals surface area contributed by atoms with Gasteiger partial charge in [0.05, 0.1) is 0 Å². The highest BCUT2D eigenvalue weighted by Gasteiger charge is 2.11. The van der Waals surface area contributed by atoms with Gasteiger partial charge in [-0.1, -0.05) is 30.5 Å². The fraction of sp³-hybridized carbons (Fsp3) is 0.438. The number of halogens is 1. The van der Waals surface area contributed by atoms with Crippen LogP contribution < -0.4 is 4.74 Å². The largest absolute Gasteiger partial charge is 0.485 e. The third-order valence-corrected chi connectivity index (χ3v) is 3.58. The molecule has 1 aromatic rings. The van der Waals surface area contributed by atoms with Gasteiger partial charge in [-0.2, -0.15) is 0 Å². The van der Waals surface area contributed by atoms with E-state index in [4.69, 9.17) is 16.3 Å². The van der Waals surface area contributed by atoms with Gasteiger partial charge in [0, 0.05) is 5.02 Å². The van der Waals surface area contributed by atoms with E-state index in [1.807, 2.05) is 0 Å². The van der Waals surface area contributed by atoms with Crippen LogP contribution in [0.4, 0.5) is 0 Å². The van der Waals surface area contributed by atoms with E-state index in [1.54, 1.807) is 24.3 Å². The number of hydrogen-bond acceptors (Lipinski definition) is 2. The minimum Gasteiger partial charge on any atom is -0.485 e. The molecule has 0 saturated carbocycles. The molecular formula is C16H19ClO2. The van der Waals surface area contributed by atoms with Crippen molar-refractivity contribution in [1.82, 2.24) is 0 Å². The summed E-state index contributed by atoms with van der Waals surface area (Å²) < 4.78 is 5.50. The first kappa shape index (κ1) is 14.1. The van der Waals surface area contributed by atoms with Crippen LogP contribution in [-0.2, 0) is 4.79 Å². The smallest absolute Gasteiger partial charge is 0.195 e. The van der Waals surface area contributed by atoms with Crippen LogP contribution in [0.5, 0.6) is 5.75 Å². The Morgan fingerprint density at radius 1 is 1.11 bits per heavy atom. The van der Waals surface area contributed by atoms with E-state index in [-0.39, 0.29) is 12.4 Å². The van der Waals surface area contributed by atoms with Crippen LogP contribution >= 0.6 is 11.6 Å². The van der Waals surface area contributed by atoms with Gasteiger partial charge in [0.15, 0.2) is 12.4 Å². The Morgan fingerprint density at radius 2 is 1.84 bits per heavy atom. The minimum atomic E-state index is 0.108. The predicted octanol–water partition coefficient (Wildman–Crippen LogP) is 4.57. The fourth-order valence-corrected chi connectivity index (χ4v) is 2.34. The molecule has 1 aliphatic rings. The molecular weight excluding hydrogens is 260 g/mol. The minimum absolute atomic E-state index is 0.108. The summed E-state index contributed by atoms with van der Waals surface area (Å²) >= 11 is 5.80. The molecule has 102 valence electrons. The van der Waals surface area contributed by atoms with Gasteiger partial charge in [0.25, 0.3) is 0 Å². The Labute approximate surface area is 119 Å². The molecule has 2 rings (SSSR count). The first-order valence-corrected chi connectivity index (χ1v) is 7.24. The van der Waals surface area contributed by atoms with Crippen molar-refractivity contribution in [2.45, 2.75) is 38.5 Å². The van der Waals surface area contributed by atoms with Crippen molar-refractivity contribution >= 4 is 17.4 Å². The summed E-state index contributed by atoms with van der Waals surface area (Å²) in [4.78, 5) is 12.1. The monoisotopic (exact) mass is 278 g/mol. The number of carbonyl (C=O) groups excluding carboxylic acids is 1. The van der Waals surface area contributed by atoms with Crippen LogP contribution in [0.3, 0.4) is 0 Å². The maximum atomic E-state index is 12.1. The van der Waals surface area contributed by atoms with Gasteiger partial charge in [-0.05, 0) is 55.5 Å². The molecule has 0 aromatic heterocycles. The number of ether oxygens (including phenoxy) is 1. The van der Waals surface area contributed by atoms with Crippen LogP contribution in [0.2, 0.25) is 5.02 Å². The number of rotatable bonds is 4. The van der Waals surface area contributed by atoms with Crippen molar-refractivity contribution in [3.63, 3.8) is 0 Å². The summed E-state index contributed by atoms with van der Waals surface area (Å²) in [5.74, 6) is 0.793. The van der Waals surface area contributed by atoms with Crippen molar-refractivity contribution in [2.75, 3.05) is 6.61 Å². The zero-order chi connectivity index (χ0) is 13.5. The Hall–Kier alpha value is -1.28. The van der Waals surface area contributed by atoms with Gasteiger partial charge in [-0.3, -0.25) is 4.79 Å². The second kappa shape index (κ2) is 7.34. The highest BCUT2D eigenvalue weighted by atomic mass is 35.5. The Bertz CT molecular complexity index is 448. The van der Waals surface area contributed by atoms with Gasteiger partial charge < -0.3 is 4.74 Å². The lowest BCUT2D eigenvalue weighted by atomic mass is 9.97. The Kier molecular flexibility index (Phi) is 5.46. The zero-order valence-corrected chi connectivity index (χ0v) is 11.8. The lowest BCUT2D eigenvalue weighted by molar-refractivity contribution is -0.117. The van der Waals surface area contributed by atoms with Crippen molar-refractivity contribution < 1.29 is 9.53 Å². The molecule has 0 heterocycles. The maximum absolute atomic E-state index is 12.1. The topological polar surface area (TPSA) is 26.3 Å². The molecule has 1 aliphatic carbocycles. The van der Waals surface area contributed by atoms with E-state index in [0.29, 0.717) is 10.8 Å². The molecule has 0 amide bonds. The van der Waals surface area contributed by atoms with Gasteiger partial charge in [0.2, 0.25) is 0 Å². The average Bonchev–Trinajstić information content (AvgIpc) is 2.37. The quantitative estimate of drug-likeness (QED) is 0.806. The molecule has 19 heavy (non-hydrogen) atoms. The van der Waals surface area contributed by atoms with Gasteiger partial charge in [-0.25, -0.2) is 0 Å². The van der Waals surface area contributed by atoms with Gasteiger partial charge >= 0.3 is 0 Å². The highest BCUT2D eigenvalue weighted by molar-refractivity contribution is 6.30. The standard InChI is InChI=1S/C16H19ClO2/c17-14-8-10-15(11-9-14)19-12-16(18)13-6-4-2-1-3-5-7-13/h6,8-11H,1-5,7,12H2/b13-6+. The zero-order valence-electron chi connectivity index (χ0n) is 11.0. The molecule has 0 unspecified atom stereocenters. The van der Waals surface area contributed by atoms with Crippen LogP contribution in [0, 0.1) is 0 Å². The summed E-state index contributed by atoms with van der Waals surface area (Å²) in [6.07, 6.45) is 8.80. The first-order valence-electron chi connectivity index (χ1n) is 6.86. The van der Waals surface area contributed by atoms with E-state index in [0.717, 1.165) is 24.8 Å². The molecule has 0 fully saturated rings. The molecule has 0 aliphatic heterocycles. The summed E-state index contributed by atoms with van der Waals surface area (Å²) in [6, 6.07) is 7.08. The molecule has 0 spiro atoms. The number of benzene rings is 1. The maximum Gasteiger partial charge on any atom is 0.195 e. The van der Waals surface area contributed by atoms with E-state index < -0.39 is 0 Å². The molecule has 0 atom stereocenters. The summed E-state index contributed by atoms with van der Waals surface area (Å²) in [5, 5.41) is 0.668. The normalized spacial score (nSPS) is 18.9. The van der Waals surface area contributed by atoms with Crippen LogP contribution in [0.15, 0.2) is 35.9 Å². The molecule has 0 saturated heterocycles. The molecule has 0 radical (unpaired) electrons. The van der Waals surface area contributed by atoms with E-state index >= 15 is 0 Å². The first-order chi connectivity index (χ1) is 9.25. The van der Waals surface area contributed by atoms with E-state index in [1.165, 1.54) is 19.3 Å². The lowest BCUT2D eigenvalue weighted by Crippen LogP contribution is -2.14. The lowest BCUT2D eigenvalue weighted by Gasteiger charge is -2.11. The summed E-state index contributed by atoms with van der Waals surface area (Å²) in [7, 11) is 0. The van der Waals surface area contributed by atoms with Crippen LogP contribution in [0.1, 0.15) is 38.5 Å². The number of carbonyl (C=O) groups is 1. The number of hydrogen-bond donors (Lipinski definition) is 0. The average molecular weight is 279 g/mol. The molecule has 1 aromatic carbocycles. The van der Waals surface area contributed by atoms with E-state index in [2.05, 4.69) is 6.08 Å². The summed E-state index contributed by atoms with van der Waals surface area (Å²) in [5.41, 5.74) is 0.939. The number of allylic oxidation sites excluding steroid dienone is 1. The summed E-state index contributed by atoms with van der Waals surface area (Å²) in [6.45, 7) is 0.119. The SMILES string of the molecule is O=C(COc1ccc(Cl)cc1)/C1=C/CCCCCC1. The third kappa shape index (κ3) is 4.71. The molecule has 3 heteroatoms. The van der Waals surface area contributed by atoms with Crippen molar-refractivity contribution in [3.8, 4) is 5.75 Å². The second-order valence-electron chi connectivity index (χ2n) is 4.85. The predicted molar refractivity (Wildman–Crippen MR) is 77.7 cm³/mol. The van der Waals surface area contributed by atoms with Gasteiger partial charge in [0.1, 0.15) is 5.75 Å². The second-order valence-corrected chi connectivity index (χ2v) is 5.28. The fourth-order valence-electron chi connectivity index (χ4n) is 2.22. The number of ketones is 1. The highest BCUT2D eigenvalue weighted by Crippen LogP contribution is 2.19. The molecule has 0 N–H and O–H groups in total. The van der Waals surface area contributed by atoms with Crippen LogP contribution in [-0.4, -0.2) is 12.4 Å². The third-order valence-electron chi connectivity index (χ3n) is 3.33. The van der Waals surface area contributed by atoms with E-state index in [9.17, 15) is 4.79 Å². The van der Waals surface area contributed by atoms with Crippen LogP contribution in [0.25, 0.3) is 0 Å². The Balaban J connectivity index is 1.87. The molecule has 0 bridgehead atoms. The number of Topliss-reactive ketones (excluding diaryl/α,β-unsaturated/α-hetero) is 1. The van der Waals surface area contributed by atoms with Crippen molar-refractivity contribution in [2.24, 2.45) is 0 Å². The Morgan fingerprint density at radius 3 is 2.63 bits per heavy atom.